The van der Waals surface area contributed by atoms with Crippen LogP contribution in [0.1, 0.15) is 19.3 Å². The fraction of sp³-hybridized carbons (Fsp3) is 0.625. The Balaban J connectivity index is 2.10. The summed E-state index contributed by atoms with van der Waals surface area (Å²) in [5, 5.41) is 3.22. The number of rotatable bonds is 0. The fourth-order valence-corrected chi connectivity index (χ4v) is 1.59. The Morgan fingerprint density at radius 1 is 1.56 bits per heavy atom. The van der Waals surface area contributed by atoms with Crippen molar-refractivity contribution in [2.24, 2.45) is 5.92 Å². The van der Waals surface area contributed by atoms with Crippen molar-refractivity contribution < 1.29 is 0 Å². The summed E-state index contributed by atoms with van der Waals surface area (Å²) in [6, 6.07) is 0.624. The smallest absolute Gasteiger partial charge is 0.0594 e. The van der Waals surface area contributed by atoms with E-state index in [2.05, 4.69) is 24.0 Å². The number of nitrogens with one attached hydrogen (secondary N) is 1. The topological polar surface area (TPSA) is 12.0 Å². The van der Waals surface area contributed by atoms with Crippen molar-refractivity contribution in [1.82, 2.24) is 5.32 Å². The van der Waals surface area contributed by atoms with Gasteiger partial charge in [-0.25, -0.2) is 0 Å². The summed E-state index contributed by atoms with van der Waals surface area (Å²) in [6.07, 6.45) is 8.30. The maximum absolute atomic E-state index is 3.22. The van der Waals surface area contributed by atoms with Crippen LogP contribution < -0.4 is 5.32 Å². The van der Waals surface area contributed by atoms with Gasteiger partial charge >= 0.3 is 0 Å². The number of hydrogen-bond donors (Lipinski definition) is 1. The molecule has 1 N–H and O–H groups in total. The van der Waals surface area contributed by atoms with Crippen LogP contribution in [-0.2, 0) is 0 Å². The Kier molecular flexibility index (Phi) is 1.31. The summed E-state index contributed by atoms with van der Waals surface area (Å²) in [4.78, 5) is 0. The first-order chi connectivity index (χ1) is 4.47. The van der Waals surface area contributed by atoms with E-state index in [1.807, 2.05) is 0 Å². The molecule has 9 heavy (non-hydrogen) atoms. The van der Waals surface area contributed by atoms with Crippen LogP contribution in [0.15, 0.2) is 12.2 Å². The van der Waals surface area contributed by atoms with E-state index in [4.69, 9.17) is 0 Å². The SMILES string of the molecule is [C]1CC2CCC=CC2N1. The van der Waals surface area contributed by atoms with Gasteiger partial charge in [-0.2, -0.15) is 0 Å². The highest BCUT2D eigenvalue weighted by atomic mass is 14.9. The average molecular weight is 121 g/mol. The lowest BCUT2D eigenvalue weighted by Crippen LogP contribution is -2.24. The average Bonchev–Trinajstić information content (AvgIpc) is 2.33. The van der Waals surface area contributed by atoms with E-state index in [0.717, 1.165) is 12.3 Å². The van der Waals surface area contributed by atoms with E-state index in [0.29, 0.717) is 6.04 Å². The van der Waals surface area contributed by atoms with E-state index in [1.54, 1.807) is 0 Å². The molecule has 2 rings (SSSR count). The molecule has 0 aromatic heterocycles. The molecule has 0 aromatic carbocycles. The van der Waals surface area contributed by atoms with Crippen LogP contribution in [0.5, 0.6) is 0 Å². The molecule has 0 spiro atoms. The molecule has 1 aliphatic heterocycles. The van der Waals surface area contributed by atoms with Gasteiger partial charge in [-0.1, -0.05) is 12.2 Å². The third-order valence-corrected chi connectivity index (χ3v) is 2.19. The molecule has 0 amide bonds. The lowest BCUT2D eigenvalue weighted by atomic mass is 9.91. The van der Waals surface area contributed by atoms with Gasteiger partial charge in [-0.15, -0.1) is 0 Å². The summed E-state index contributed by atoms with van der Waals surface area (Å²) in [5.41, 5.74) is 0. The zero-order valence-electron chi connectivity index (χ0n) is 5.43. The maximum Gasteiger partial charge on any atom is 0.0594 e. The molecule has 1 aliphatic carbocycles. The first-order valence-electron chi connectivity index (χ1n) is 3.62. The zero-order chi connectivity index (χ0) is 6.10. The van der Waals surface area contributed by atoms with E-state index in [1.165, 1.54) is 12.8 Å². The molecule has 0 saturated carbocycles. The molecule has 0 aromatic rings. The minimum atomic E-state index is 0.624. The predicted molar refractivity (Wildman–Crippen MR) is 36.6 cm³/mol. The van der Waals surface area contributed by atoms with Crippen molar-refractivity contribution >= 4 is 0 Å². The Morgan fingerprint density at radius 3 is 3.44 bits per heavy atom. The summed E-state index contributed by atoms with van der Waals surface area (Å²) >= 11 is 0. The van der Waals surface area contributed by atoms with Gasteiger partial charge in [0.15, 0.2) is 0 Å². The van der Waals surface area contributed by atoms with Gasteiger partial charge in [0.2, 0.25) is 0 Å². The monoisotopic (exact) mass is 121 g/mol. The van der Waals surface area contributed by atoms with Gasteiger partial charge in [0.25, 0.3) is 0 Å². The van der Waals surface area contributed by atoms with Crippen LogP contribution in [0.25, 0.3) is 0 Å². The molecular formula is C8H11N. The highest BCUT2D eigenvalue weighted by Gasteiger charge is 2.26. The van der Waals surface area contributed by atoms with Crippen LogP contribution in [0.3, 0.4) is 0 Å². The van der Waals surface area contributed by atoms with Crippen molar-refractivity contribution in [3.05, 3.63) is 18.7 Å². The number of fused-ring (bicyclic) bond motifs is 1. The van der Waals surface area contributed by atoms with Crippen molar-refractivity contribution in [2.45, 2.75) is 25.3 Å². The Labute approximate surface area is 56.1 Å². The Hall–Kier alpha value is -0.300. The van der Waals surface area contributed by atoms with Crippen molar-refractivity contribution in [2.75, 3.05) is 0 Å². The van der Waals surface area contributed by atoms with Crippen LogP contribution in [0, 0.1) is 12.5 Å². The lowest BCUT2D eigenvalue weighted by molar-refractivity contribution is 0.460. The third kappa shape index (κ3) is 0.897. The summed E-state index contributed by atoms with van der Waals surface area (Å²) < 4.78 is 0. The predicted octanol–water partition coefficient (Wildman–Crippen LogP) is 1.35. The van der Waals surface area contributed by atoms with Crippen LogP contribution in [0.2, 0.25) is 0 Å². The van der Waals surface area contributed by atoms with Gasteiger partial charge < -0.3 is 5.32 Å². The second-order valence-corrected chi connectivity index (χ2v) is 2.82. The second-order valence-electron chi connectivity index (χ2n) is 2.82. The van der Waals surface area contributed by atoms with E-state index in [-0.39, 0.29) is 0 Å². The van der Waals surface area contributed by atoms with E-state index < -0.39 is 0 Å². The standard InChI is InChI=1S/C8H11N/c1-2-4-8-7(3-1)5-6-9-8/h2,4,7-9H,1,3,5H2. The highest BCUT2D eigenvalue weighted by Crippen LogP contribution is 2.27. The van der Waals surface area contributed by atoms with Gasteiger partial charge in [0.05, 0.1) is 6.54 Å². The lowest BCUT2D eigenvalue weighted by Gasteiger charge is -2.18. The van der Waals surface area contributed by atoms with Crippen LogP contribution in [-0.4, -0.2) is 6.04 Å². The summed E-state index contributed by atoms with van der Waals surface area (Å²) in [6.45, 7) is 3.16. The minimum absolute atomic E-state index is 0.624. The molecule has 1 heterocycles. The molecule has 2 aliphatic rings. The summed E-state index contributed by atoms with van der Waals surface area (Å²) in [5.74, 6) is 0.856. The largest absolute Gasteiger partial charge is 0.301 e. The van der Waals surface area contributed by atoms with E-state index in [9.17, 15) is 0 Å². The molecule has 1 heteroatoms. The molecule has 2 unspecified atom stereocenters. The molecule has 2 radical (unpaired) electrons. The fourth-order valence-electron chi connectivity index (χ4n) is 1.59. The van der Waals surface area contributed by atoms with Crippen molar-refractivity contribution in [3.8, 4) is 0 Å². The molecular weight excluding hydrogens is 110 g/mol. The molecule has 0 bridgehead atoms. The molecule has 1 fully saturated rings. The quantitative estimate of drug-likeness (QED) is 0.477. The van der Waals surface area contributed by atoms with Crippen molar-refractivity contribution in [3.63, 3.8) is 0 Å². The summed E-state index contributed by atoms with van der Waals surface area (Å²) in [7, 11) is 0. The van der Waals surface area contributed by atoms with Gasteiger partial charge in [0, 0.05) is 6.04 Å². The first-order valence-corrected chi connectivity index (χ1v) is 3.62. The Morgan fingerprint density at radius 2 is 2.56 bits per heavy atom. The van der Waals surface area contributed by atoms with Gasteiger partial charge in [0.1, 0.15) is 0 Å². The molecule has 1 nitrogen and oxygen atoms in total. The Bertz CT molecular complexity index is 129. The van der Waals surface area contributed by atoms with Crippen molar-refractivity contribution in [1.29, 1.82) is 0 Å². The van der Waals surface area contributed by atoms with Crippen LogP contribution in [0.4, 0.5) is 0 Å². The molecule has 2 atom stereocenters. The molecule has 48 valence electrons. The third-order valence-electron chi connectivity index (χ3n) is 2.19. The molecule has 1 saturated heterocycles. The minimum Gasteiger partial charge on any atom is -0.301 e. The van der Waals surface area contributed by atoms with E-state index >= 15 is 0 Å². The highest BCUT2D eigenvalue weighted by molar-refractivity contribution is 5.07. The first kappa shape index (κ1) is 5.48. The zero-order valence-corrected chi connectivity index (χ0v) is 5.43. The normalized spacial score (nSPS) is 40.9. The number of hydrogen-bond acceptors (Lipinski definition) is 1. The van der Waals surface area contributed by atoms with Gasteiger partial charge in [-0.05, 0) is 25.2 Å². The van der Waals surface area contributed by atoms with Gasteiger partial charge in [-0.3, -0.25) is 0 Å². The second kappa shape index (κ2) is 2.14. The van der Waals surface area contributed by atoms with Crippen LogP contribution >= 0.6 is 0 Å². The maximum atomic E-state index is 3.22. The number of allylic oxidation sites excluding steroid dienone is 1.